The van der Waals surface area contributed by atoms with E-state index in [1.807, 2.05) is 20.8 Å². The van der Waals surface area contributed by atoms with Gasteiger partial charge in [0.15, 0.2) is 0 Å². The van der Waals surface area contributed by atoms with Crippen molar-refractivity contribution >= 4 is 11.7 Å². The number of nitrogens with one attached hydrogen (secondary N) is 2. The van der Waals surface area contributed by atoms with Gasteiger partial charge in [0.25, 0.3) is 0 Å². The van der Waals surface area contributed by atoms with Gasteiger partial charge < -0.3 is 15.7 Å². The minimum atomic E-state index is -0.551. The number of aromatic nitrogens is 1. The van der Waals surface area contributed by atoms with Gasteiger partial charge in [0.05, 0.1) is 12.1 Å². The zero-order valence-electron chi connectivity index (χ0n) is 11.2. The molecular weight excluding hydrogens is 230 g/mol. The highest BCUT2D eigenvalue weighted by Gasteiger charge is 2.27. The van der Waals surface area contributed by atoms with Crippen molar-refractivity contribution in [2.24, 2.45) is 0 Å². The lowest BCUT2D eigenvalue weighted by molar-refractivity contribution is 0.155. The SMILES string of the molecule is CCC(CC)(CO)NC(=O)Nc1ccncc1C. The number of rotatable bonds is 5. The molecule has 0 aliphatic rings. The maximum atomic E-state index is 11.9. The lowest BCUT2D eigenvalue weighted by Gasteiger charge is -2.30. The summed E-state index contributed by atoms with van der Waals surface area (Å²) in [6.45, 7) is 5.69. The lowest BCUT2D eigenvalue weighted by atomic mass is 9.94. The number of aryl methyl sites for hydroxylation is 1. The third kappa shape index (κ3) is 3.43. The molecule has 100 valence electrons. The third-order valence-corrected chi connectivity index (χ3v) is 3.30. The molecule has 5 nitrogen and oxygen atoms in total. The summed E-state index contributed by atoms with van der Waals surface area (Å²) >= 11 is 0. The van der Waals surface area contributed by atoms with E-state index in [2.05, 4.69) is 15.6 Å². The smallest absolute Gasteiger partial charge is 0.319 e. The molecule has 0 aromatic carbocycles. The summed E-state index contributed by atoms with van der Waals surface area (Å²) in [5.74, 6) is 0. The Labute approximate surface area is 108 Å². The standard InChI is InChI=1S/C13H21N3O2/c1-4-13(5-2,9-17)16-12(18)15-11-6-7-14-8-10(11)3/h6-8,17H,4-5,9H2,1-3H3,(H2,14,15,16,18). The highest BCUT2D eigenvalue weighted by molar-refractivity contribution is 5.90. The van der Waals surface area contributed by atoms with Gasteiger partial charge >= 0.3 is 6.03 Å². The quantitative estimate of drug-likeness (QED) is 0.750. The average molecular weight is 251 g/mol. The number of aliphatic hydroxyl groups excluding tert-OH is 1. The second-order valence-electron chi connectivity index (χ2n) is 4.42. The summed E-state index contributed by atoms with van der Waals surface area (Å²) in [5, 5.41) is 15.0. The van der Waals surface area contributed by atoms with Crippen LogP contribution in [0.3, 0.4) is 0 Å². The number of urea groups is 1. The van der Waals surface area contributed by atoms with Crippen LogP contribution in [0.2, 0.25) is 0 Å². The Morgan fingerprint density at radius 3 is 2.61 bits per heavy atom. The van der Waals surface area contributed by atoms with Gasteiger partial charge in [-0.25, -0.2) is 4.79 Å². The number of anilines is 1. The van der Waals surface area contributed by atoms with E-state index >= 15 is 0 Å². The molecule has 0 atom stereocenters. The number of hydrogen-bond acceptors (Lipinski definition) is 3. The van der Waals surface area contributed by atoms with E-state index in [4.69, 9.17) is 0 Å². The van der Waals surface area contributed by atoms with Crippen LogP contribution in [0.5, 0.6) is 0 Å². The molecule has 0 unspecified atom stereocenters. The van der Waals surface area contributed by atoms with Crippen LogP contribution in [0.15, 0.2) is 18.5 Å². The Morgan fingerprint density at radius 1 is 1.44 bits per heavy atom. The normalized spacial score (nSPS) is 11.1. The maximum absolute atomic E-state index is 11.9. The van der Waals surface area contributed by atoms with Crippen LogP contribution >= 0.6 is 0 Å². The molecule has 0 saturated heterocycles. The molecule has 0 bridgehead atoms. The van der Waals surface area contributed by atoms with Crippen LogP contribution in [0, 0.1) is 6.92 Å². The Bertz CT molecular complexity index is 395. The van der Waals surface area contributed by atoms with Crippen molar-refractivity contribution in [3.63, 3.8) is 0 Å². The van der Waals surface area contributed by atoms with Crippen LogP contribution in [-0.2, 0) is 0 Å². The Balaban J connectivity index is 2.70. The molecule has 1 heterocycles. The van der Waals surface area contributed by atoms with E-state index in [1.165, 1.54) is 0 Å². The van der Waals surface area contributed by atoms with Crippen molar-refractivity contribution in [3.05, 3.63) is 24.0 Å². The molecule has 5 heteroatoms. The van der Waals surface area contributed by atoms with Crippen LogP contribution in [-0.4, -0.2) is 28.3 Å². The van der Waals surface area contributed by atoms with Crippen molar-refractivity contribution in [3.8, 4) is 0 Å². The van der Waals surface area contributed by atoms with Gasteiger partial charge in [-0.15, -0.1) is 0 Å². The van der Waals surface area contributed by atoms with Gasteiger partial charge in [0.1, 0.15) is 0 Å². The number of nitrogens with zero attached hydrogens (tertiary/aromatic N) is 1. The molecule has 18 heavy (non-hydrogen) atoms. The zero-order chi connectivity index (χ0) is 13.6. The molecule has 0 radical (unpaired) electrons. The fourth-order valence-electron chi connectivity index (χ4n) is 1.70. The van der Waals surface area contributed by atoms with Gasteiger partial charge in [-0.2, -0.15) is 0 Å². The second kappa shape index (κ2) is 6.35. The minimum absolute atomic E-state index is 0.0667. The Hall–Kier alpha value is -1.62. The topological polar surface area (TPSA) is 74.2 Å². The third-order valence-electron chi connectivity index (χ3n) is 3.30. The van der Waals surface area contributed by atoms with Crippen molar-refractivity contribution in [2.45, 2.75) is 39.2 Å². The van der Waals surface area contributed by atoms with E-state index in [0.29, 0.717) is 12.8 Å². The van der Waals surface area contributed by atoms with Crippen molar-refractivity contribution < 1.29 is 9.90 Å². The van der Waals surface area contributed by atoms with E-state index < -0.39 is 5.54 Å². The number of pyridine rings is 1. The predicted molar refractivity (Wildman–Crippen MR) is 71.5 cm³/mol. The molecule has 1 rings (SSSR count). The number of aliphatic hydroxyl groups is 1. The first-order chi connectivity index (χ1) is 8.56. The molecule has 0 fully saturated rings. The fourth-order valence-corrected chi connectivity index (χ4v) is 1.70. The van der Waals surface area contributed by atoms with Crippen LogP contribution in [0.25, 0.3) is 0 Å². The van der Waals surface area contributed by atoms with Gasteiger partial charge in [-0.3, -0.25) is 4.98 Å². The molecule has 0 aliphatic heterocycles. The summed E-state index contributed by atoms with van der Waals surface area (Å²) in [6, 6.07) is 1.44. The highest BCUT2D eigenvalue weighted by atomic mass is 16.3. The van der Waals surface area contributed by atoms with E-state index in [0.717, 1.165) is 11.3 Å². The number of hydrogen-bond donors (Lipinski definition) is 3. The maximum Gasteiger partial charge on any atom is 0.319 e. The number of amides is 2. The fraction of sp³-hybridized carbons (Fsp3) is 0.538. The molecular formula is C13H21N3O2. The molecule has 2 amide bonds. The van der Waals surface area contributed by atoms with E-state index in [1.54, 1.807) is 18.5 Å². The summed E-state index contributed by atoms with van der Waals surface area (Å²) < 4.78 is 0. The highest BCUT2D eigenvalue weighted by Crippen LogP contribution is 2.16. The van der Waals surface area contributed by atoms with Crippen LogP contribution < -0.4 is 10.6 Å². The first-order valence-corrected chi connectivity index (χ1v) is 6.17. The molecule has 3 N–H and O–H groups in total. The molecule has 1 aromatic rings. The largest absolute Gasteiger partial charge is 0.394 e. The van der Waals surface area contributed by atoms with Gasteiger partial charge in [-0.05, 0) is 31.4 Å². The second-order valence-corrected chi connectivity index (χ2v) is 4.42. The summed E-state index contributed by atoms with van der Waals surface area (Å²) in [4.78, 5) is 15.9. The lowest BCUT2D eigenvalue weighted by Crippen LogP contribution is -2.52. The molecule has 1 aromatic heterocycles. The minimum Gasteiger partial charge on any atom is -0.394 e. The molecule has 0 spiro atoms. The van der Waals surface area contributed by atoms with Crippen molar-refractivity contribution in [2.75, 3.05) is 11.9 Å². The Morgan fingerprint density at radius 2 is 2.11 bits per heavy atom. The first kappa shape index (κ1) is 14.4. The van der Waals surface area contributed by atoms with Gasteiger partial charge in [0.2, 0.25) is 0 Å². The zero-order valence-corrected chi connectivity index (χ0v) is 11.2. The monoisotopic (exact) mass is 251 g/mol. The summed E-state index contributed by atoms with van der Waals surface area (Å²) in [7, 11) is 0. The predicted octanol–water partition coefficient (Wildman–Crippen LogP) is 2.06. The van der Waals surface area contributed by atoms with Crippen LogP contribution in [0.4, 0.5) is 10.5 Å². The Kier molecular flexibility index (Phi) is 5.09. The van der Waals surface area contributed by atoms with Gasteiger partial charge in [0, 0.05) is 18.1 Å². The molecule has 0 saturated carbocycles. The van der Waals surface area contributed by atoms with Crippen molar-refractivity contribution in [1.29, 1.82) is 0 Å². The van der Waals surface area contributed by atoms with E-state index in [-0.39, 0.29) is 12.6 Å². The summed E-state index contributed by atoms with van der Waals surface area (Å²) in [6.07, 6.45) is 4.68. The number of carbonyl (C=O) groups excluding carboxylic acids is 1. The first-order valence-electron chi connectivity index (χ1n) is 6.17. The van der Waals surface area contributed by atoms with Crippen LogP contribution in [0.1, 0.15) is 32.3 Å². The molecule has 0 aliphatic carbocycles. The van der Waals surface area contributed by atoms with Gasteiger partial charge in [-0.1, -0.05) is 13.8 Å². The number of carbonyl (C=O) groups is 1. The van der Waals surface area contributed by atoms with E-state index in [9.17, 15) is 9.90 Å². The van der Waals surface area contributed by atoms with Crippen molar-refractivity contribution in [1.82, 2.24) is 10.3 Å². The summed E-state index contributed by atoms with van der Waals surface area (Å²) in [5.41, 5.74) is 1.07. The average Bonchev–Trinajstić information content (AvgIpc) is 2.39.